The molecule has 0 aliphatic rings. The van der Waals surface area contributed by atoms with Gasteiger partial charge in [-0.3, -0.25) is 9.59 Å². The van der Waals surface area contributed by atoms with Crippen LogP contribution in [0.25, 0.3) is 0 Å². The number of carboxylic acid groups (broad SMARTS) is 1. The zero-order valence-corrected chi connectivity index (χ0v) is 14.5. The van der Waals surface area contributed by atoms with E-state index in [0.717, 1.165) is 5.56 Å². The van der Waals surface area contributed by atoms with Crippen molar-refractivity contribution in [1.29, 1.82) is 0 Å². The molecule has 0 aromatic heterocycles. The summed E-state index contributed by atoms with van der Waals surface area (Å²) in [5.41, 5.74) is 1.51. The lowest BCUT2D eigenvalue weighted by Crippen LogP contribution is -2.19. The number of para-hydroxylation sites is 1. The van der Waals surface area contributed by atoms with Crippen molar-refractivity contribution in [1.82, 2.24) is 5.32 Å². The monoisotopic (exact) mass is 356 g/mol. The van der Waals surface area contributed by atoms with Crippen LogP contribution in [0.2, 0.25) is 0 Å². The third kappa shape index (κ3) is 4.83. The lowest BCUT2D eigenvalue weighted by Gasteiger charge is -2.12. The molecule has 2 aromatic rings. The summed E-state index contributed by atoms with van der Waals surface area (Å²) in [6.45, 7) is 0. The molecule has 3 N–H and O–H groups in total. The average Bonchev–Trinajstić information content (AvgIpc) is 2.66. The topological polar surface area (TPSA) is 105 Å². The summed E-state index contributed by atoms with van der Waals surface area (Å²) < 4.78 is 5.06. The molecular formula is C19H20N2O5. The molecule has 0 spiro atoms. The highest BCUT2D eigenvalue weighted by Gasteiger charge is 2.14. The number of nitrogens with one attached hydrogen (secondary N) is 2. The molecule has 26 heavy (non-hydrogen) atoms. The highest BCUT2D eigenvalue weighted by atomic mass is 16.5. The number of ether oxygens (including phenoxy) is 1. The van der Waals surface area contributed by atoms with E-state index in [2.05, 4.69) is 10.6 Å². The minimum Gasteiger partial charge on any atom is -0.497 e. The van der Waals surface area contributed by atoms with E-state index in [1.165, 1.54) is 25.3 Å². The summed E-state index contributed by atoms with van der Waals surface area (Å²) in [7, 11) is 2.97. The first-order valence-corrected chi connectivity index (χ1v) is 7.96. The first-order chi connectivity index (χ1) is 12.4. The van der Waals surface area contributed by atoms with Gasteiger partial charge in [0, 0.05) is 24.7 Å². The van der Waals surface area contributed by atoms with Gasteiger partial charge in [0.1, 0.15) is 5.75 Å². The van der Waals surface area contributed by atoms with Crippen molar-refractivity contribution in [3.8, 4) is 5.75 Å². The average molecular weight is 356 g/mol. The molecule has 0 aliphatic carbocycles. The summed E-state index contributed by atoms with van der Waals surface area (Å²) in [5, 5.41) is 14.5. The maximum absolute atomic E-state index is 12.6. The van der Waals surface area contributed by atoms with Crippen LogP contribution in [-0.2, 0) is 11.2 Å². The molecule has 2 rings (SSSR count). The second-order valence-electron chi connectivity index (χ2n) is 5.54. The van der Waals surface area contributed by atoms with E-state index < -0.39 is 11.9 Å². The Hall–Kier alpha value is -3.35. The van der Waals surface area contributed by atoms with E-state index in [-0.39, 0.29) is 22.8 Å². The normalized spacial score (nSPS) is 10.1. The third-order valence-corrected chi connectivity index (χ3v) is 3.82. The van der Waals surface area contributed by atoms with Gasteiger partial charge in [0.2, 0.25) is 5.91 Å². The molecule has 0 fully saturated rings. The van der Waals surface area contributed by atoms with Crippen molar-refractivity contribution in [3.63, 3.8) is 0 Å². The second kappa shape index (κ2) is 8.66. The molecule has 0 atom stereocenters. The fourth-order valence-corrected chi connectivity index (χ4v) is 2.40. The van der Waals surface area contributed by atoms with Crippen molar-refractivity contribution in [2.75, 3.05) is 19.5 Å². The van der Waals surface area contributed by atoms with E-state index in [1.807, 2.05) is 12.1 Å². The van der Waals surface area contributed by atoms with Crippen molar-refractivity contribution < 1.29 is 24.2 Å². The molecule has 2 amide bonds. The van der Waals surface area contributed by atoms with Crippen LogP contribution in [0.15, 0.2) is 42.5 Å². The molecule has 0 saturated heterocycles. The Bertz CT molecular complexity index is 832. The SMILES string of the molecule is CNC(=O)CCc1ccccc1NC(=O)c1cc(OC)cc(C(=O)O)c1. The summed E-state index contributed by atoms with van der Waals surface area (Å²) >= 11 is 0. The van der Waals surface area contributed by atoms with Crippen molar-refractivity contribution in [2.24, 2.45) is 0 Å². The van der Waals surface area contributed by atoms with Crippen LogP contribution in [0.5, 0.6) is 5.75 Å². The molecule has 0 heterocycles. The van der Waals surface area contributed by atoms with Crippen LogP contribution >= 0.6 is 0 Å². The molecule has 0 aliphatic heterocycles. The van der Waals surface area contributed by atoms with Gasteiger partial charge in [-0.2, -0.15) is 0 Å². The van der Waals surface area contributed by atoms with Gasteiger partial charge in [-0.05, 0) is 36.2 Å². The molecule has 7 heteroatoms. The molecule has 0 bridgehead atoms. The molecule has 0 radical (unpaired) electrons. The van der Waals surface area contributed by atoms with Gasteiger partial charge in [-0.25, -0.2) is 4.79 Å². The maximum atomic E-state index is 12.6. The predicted octanol–water partition coefficient (Wildman–Crippen LogP) is 2.32. The Labute approximate surface area is 151 Å². The maximum Gasteiger partial charge on any atom is 0.335 e. The number of carbonyl (C=O) groups is 3. The van der Waals surface area contributed by atoms with E-state index >= 15 is 0 Å². The van der Waals surface area contributed by atoms with Crippen molar-refractivity contribution in [3.05, 3.63) is 59.2 Å². The number of aryl methyl sites for hydroxylation is 1. The van der Waals surface area contributed by atoms with Crippen LogP contribution in [0, 0.1) is 0 Å². The van der Waals surface area contributed by atoms with Gasteiger partial charge in [-0.15, -0.1) is 0 Å². The Kier molecular flexibility index (Phi) is 6.32. The zero-order valence-electron chi connectivity index (χ0n) is 14.5. The molecule has 136 valence electrons. The summed E-state index contributed by atoms with van der Waals surface area (Å²) in [4.78, 5) is 35.2. The van der Waals surface area contributed by atoms with Gasteiger partial charge in [-0.1, -0.05) is 18.2 Å². The minimum absolute atomic E-state index is 0.0394. The van der Waals surface area contributed by atoms with E-state index in [1.54, 1.807) is 19.2 Å². The molecule has 0 saturated carbocycles. The second-order valence-corrected chi connectivity index (χ2v) is 5.54. The fourth-order valence-electron chi connectivity index (χ4n) is 2.40. The quantitative estimate of drug-likeness (QED) is 0.706. The first-order valence-electron chi connectivity index (χ1n) is 7.96. The number of aromatic carboxylic acids is 1. The van der Waals surface area contributed by atoms with Crippen molar-refractivity contribution >= 4 is 23.5 Å². The zero-order chi connectivity index (χ0) is 19.1. The number of hydrogen-bond acceptors (Lipinski definition) is 4. The molecule has 7 nitrogen and oxygen atoms in total. The van der Waals surface area contributed by atoms with Gasteiger partial charge in [0.05, 0.1) is 12.7 Å². The number of methoxy groups -OCH3 is 1. The van der Waals surface area contributed by atoms with Crippen LogP contribution < -0.4 is 15.4 Å². The minimum atomic E-state index is -1.15. The number of rotatable bonds is 7. The molecule has 2 aromatic carbocycles. The first kappa shape index (κ1) is 19.0. The smallest absolute Gasteiger partial charge is 0.335 e. The predicted molar refractivity (Wildman–Crippen MR) is 96.7 cm³/mol. The Morgan fingerprint density at radius 3 is 2.42 bits per heavy atom. The van der Waals surface area contributed by atoms with Crippen LogP contribution in [0.4, 0.5) is 5.69 Å². The number of carbonyl (C=O) groups excluding carboxylic acids is 2. The Morgan fingerprint density at radius 2 is 1.77 bits per heavy atom. The largest absolute Gasteiger partial charge is 0.497 e. The number of hydrogen-bond donors (Lipinski definition) is 3. The third-order valence-electron chi connectivity index (χ3n) is 3.82. The number of carboxylic acids is 1. The standard InChI is InChI=1S/C19H20N2O5/c1-20-17(22)8-7-12-5-3-4-6-16(12)21-18(23)13-9-14(19(24)25)11-15(10-13)26-2/h3-6,9-11H,7-8H2,1-2H3,(H,20,22)(H,21,23)(H,24,25). The highest BCUT2D eigenvalue weighted by molar-refractivity contribution is 6.06. The van der Waals surface area contributed by atoms with Crippen LogP contribution in [0.1, 0.15) is 32.7 Å². The Morgan fingerprint density at radius 1 is 1.08 bits per heavy atom. The Balaban J connectivity index is 2.24. The summed E-state index contributed by atoms with van der Waals surface area (Å²) in [5.74, 6) is -1.42. The molecule has 0 unspecified atom stereocenters. The van der Waals surface area contributed by atoms with Gasteiger partial charge >= 0.3 is 5.97 Å². The van der Waals surface area contributed by atoms with Gasteiger partial charge < -0.3 is 20.5 Å². The lowest BCUT2D eigenvalue weighted by molar-refractivity contribution is -0.120. The van der Waals surface area contributed by atoms with E-state index in [0.29, 0.717) is 18.5 Å². The van der Waals surface area contributed by atoms with Crippen LogP contribution in [-0.4, -0.2) is 37.0 Å². The fraction of sp³-hybridized carbons (Fsp3) is 0.211. The van der Waals surface area contributed by atoms with E-state index in [4.69, 9.17) is 9.84 Å². The molecular weight excluding hydrogens is 336 g/mol. The summed E-state index contributed by atoms with van der Waals surface area (Å²) in [6.07, 6.45) is 0.764. The van der Waals surface area contributed by atoms with Gasteiger partial charge in [0.25, 0.3) is 5.91 Å². The summed E-state index contributed by atoms with van der Waals surface area (Å²) in [6, 6.07) is 11.2. The number of benzene rings is 2. The van der Waals surface area contributed by atoms with E-state index in [9.17, 15) is 14.4 Å². The number of anilines is 1. The van der Waals surface area contributed by atoms with Crippen LogP contribution in [0.3, 0.4) is 0 Å². The lowest BCUT2D eigenvalue weighted by atomic mass is 10.1. The highest BCUT2D eigenvalue weighted by Crippen LogP contribution is 2.21. The van der Waals surface area contributed by atoms with Gasteiger partial charge in [0.15, 0.2) is 0 Å². The van der Waals surface area contributed by atoms with Crippen molar-refractivity contribution in [2.45, 2.75) is 12.8 Å². The number of amides is 2.